The van der Waals surface area contributed by atoms with E-state index in [0.717, 1.165) is 23.2 Å². The van der Waals surface area contributed by atoms with E-state index >= 15 is 0 Å². The largest absolute Gasteiger partial charge is 0.481 e. The number of hydrogen-bond acceptors (Lipinski definition) is 2. The number of para-hydroxylation sites is 1. The molecular weight excluding hydrogens is 242 g/mol. The Morgan fingerprint density at radius 3 is 2.32 bits per heavy atom. The van der Waals surface area contributed by atoms with Crippen molar-refractivity contribution in [3.63, 3.8) is 0 Å². The summed E-state index contributed by atoms with van der Waals surface area (Å²) >= 11 is 0. The number of anilines is 1. The van der Waals surface area contributed by atoms with Crippen LogP contribution in [0.3, 0.4) is 0 Å². The fourth-order valence-corrected chi connectivity index (χ4v) is 2.80. The lowest BCUT2D eigenvalue weighted by atomic mass is 9.95. The molecule has 102 valence electrons. The highest BCUT2D eigenvalue weighted by molar-refractivity contribution is 5.96. The van der Waals surface area contributed by atoms with Crippen molar-refractivity contribution in [3.8, 4) is 0 Å². The van der Waals surface area contributed by atoms with Crippen LogP contribution >= 0.6 is 0 Å². The quantitative estimate of drug-likeness (QED) is 0.879. The molecule has 1 saturated carbocycles. The van der Waals surface area contributed by atoms with Gasteiger partial charge in [-0.15, -0.1) is 0 Å². The van der Waals surface area contributed by atoms with Crippen LogP contribution in [0, 0.1) is 25.7 Å². The standard InChI is InChI=1S/C15H19NO3/c1-9-5-3-6-10(2)13(9)16-14(17)11-7-4-8-12(11)15(18)19/h3,5-6,11-12H,4,7-8H2,1-2H3,(H,16,17)(H,18,19)/t11-,12+/m1/s1. The van der Waals surface area contributed by atoms with Crippen molar-refractivity contribution < 1.29 is 14.7 Å². The van der Waals surface area contributed by atoms with Gasteiger partial charge < -0.3 is 10.4 Å². The van der Waals surface area contributed by atoms with Crippen LogP contribution in [0.2, 0.25) is 0 Å². The van der Waals surface area contributed by atoms with Crippen LogP contribution in [0.25, 0.3) is 0 Å². The molecule has 0 saturated heterocycles. The van der Waals surface area contributed by atoms with Crippen molar-refractivity contribution in [3.05, 3.63) is 29.3 Å². The molecule has 19 heavy (non-hydrogen) atoms. The summed E-state index contributed by atoms with van der Waals surface area (Å²) in [7, 11) is 0. The van der Waals surface area contributed by atoms with Gasteiger partial charge in [0, 0.05) is 5.69 Å². The summed E-state index contributed by atoms with van der Waals surface area (Å²) in [5.74, 6) is -1.97. The van der Waals surface area contributed by atoms with E-state index in [9.17, 15) is 9.59 Å². The number of rotatable bonds is 3. The normalized spacial score (nSPS) is 22.2. The molecule has 0 unspecified atom stereocenters. The lowest BCUT2D eigenvalue weighted by Crippen LogP contribution is -2.30. The first-order valence-electron chi connectivity index (χ1n) is 6.60. The summed E-state index contributed by atoms with van der Waals surface area (Å²) in [6.07, 6.45) is 2.07. The van der Waals surface area contributed by atoms with E-state index in [-0.39, 0.29) is 5.91 Å². The van der Waals surface area contributed by atoms with Crippen molar-refractivity contribution in [1.29, 1.82) is 0 Å². The first kappa shape index (κ1) is 13.6. The van der Waals surface area contributed by atoms with Crippen molar-refractivity contribution in [1.82, 2.24) is 0 Å². The number of hydrogen-bond donors (Lipinski definition) is 2. The van der Waals surface area contributed by atoms with E-state index in [1.807, 2.05) is 32.0 Å². The van der Waals surface area contributed by atoms with Crippen LogP contribution in [0.1, 0.15) is 30.4 Å². The van der Waals surface area contributed by atoms with E-state index in [4.69, 9.17) is 5.11 Å². The van der Waals surface area contributed by atoms with Gasteiger partial charge in [-0.05, 0) is 37.8 Å². The molecule has 0 spiro atoms. The van der Waals surface area contributed by atoms with Crippen molar-refractivity contribution >= 4 is 17.6 Å². The van der Waals surface area contributed by atoms with Crippen LogP contribution in [0.5, 0.6) is 0 Å². The summed E-state index contributed by atoms with van der Waals surface area (Å²) in [6.45, 7) is 3.87. The van der Waals surface area contributed by atoms with Gasteiger partial charge in [-0.25, -0.2) is 0 Å². The Morgan fingerprint density at radius 1 is 1.16 bits per heavy atom. The van der Waals surface area contributed by atoms with Gasteiger partial charge in [-0.2, -0.15) is 0 Å². The number of aryl methyl sites for hydroxylation is 2. The third-order valence-corrected chi connectivity index (χ3v) is 3.90. The smallest absolute Gasteiger partial charge is 0.307 e. The number of benzene rings is 1. The lowest BCUT2D eigenvalue weighted by molar-refractivity contribution is -0.145. The predicted molar refractivity (Wildman–Crippen MR) is 73.0 cm³/mol. The van der Waals surface area contributed by atoms with Gasteiger partial charge in [0.25, 0.3) is 0 Å². The summed E-state index contributed by atoms with van der Waals surface area (Å²) < 4.78 is 0. The highest BCUT2D eigenvalue weighted by atomic mass is 16.4. The molecule has 4 heteroatoms. The van der Waals surface area contributed by atoms with Gasteiger partial charge in [0.2, 0.25) is 5.91 Å². The summed E-state index contributed by atoms with van der Waals surface area (Å²) in [5, 5.41) is 12.0. The molecule has 1 aliphatic rings. The summed E-state index contributed by atoms with van der Waals surface area (Å²) in [5.41, 5.74) is 2.81. The Morgan fingerprint density at radius 2 is 1.74 bits per heavy atom. The highest BCUT2D eigenvalue weighted by Gasteiger charge is 2.37. The van der Waals surface area contributed by atoms with Gasteiger partial charge in [0.05, 0.1) is 11.8 Å². The molecule has 2 rings (SSSR count). The van der Waals surface area contributed by atoms with Crippen LogP contribution in [0.15, 0.2) is 18.2 Å². The second-order valence-electron chi connectivity index (χ2n) is 5.24. The van der Waals surface area contributed by atoms with Gasteiger partial charge in [0.1, 0.15) is 0 Å². The Balaban J connectivity index is 2.15. The third kappa shape index (κ3) is 2.78. The number of carbonyl (C=O) groups excluding carboxylic acids is 1. The molecule has 1 aliphatic carbocycles. The average molecular weight is 261 g/mol. The van der Waals surface area contributed by atoms with Crippen molar-refractivity contribution in [2.75, 3.05) is 5.32 Å². The fourth-order valence-electron chi connectivity index (χ4n) is 2.80. The van der Waals surface area contributed by atoms with E-state index < -0.39 is 17.8 Å². The topological polar surface area (TPSA) is 66.4 Å². The maximum Gasteiger partial charge on any atom is 0.307 e. The first-order valence-corrected chi connectivity index (χ1v) is 6.60. The Hall–Kier alpha value is -1.84. The number of carbonyl (C=O) groups is 2. The summed E-state index contributed by atoms with van der Waals surface area (Å²) in [6, 6.07) is 5.81. The lowest BCUT2D eigenvalue weighted by Gasteiger charge is -2.17. The zero-order chi connectivity index (χ0) is 14.0. The number of carboxylic acid groups (broad SMARTS) is 1. The number of amides is 1. The molecule has 0 aliphatic heterocycles. The Labute approximate surface area is 112 Å². The van der Waals surface area contributed by atoms with Crippen molar-refractivity contribution in [2.24, 2.45) is 11.8 Å². The zero-order valence-electron chi connectivity index (χ0n) is 11.3. The van der Waals surface area contributed by atoms with Gasteiger partial charge in [0.15, 0.2) is 0 Å². The summed E-state index contributed by atoms with van der Waals surface area (Å²) in [4.78, 5) is 23.4. The van der Waals surface area contributed by atoms with Crippen LogP contribution < -0.4 is 5.32 Å². The second kappa shape index (κ2) is 5.43. The Bertz CT molecular complexity index is 490. The monoisotopic (exact) mass is 261 g/mol. The molecule has 1 fully saturated rings. The molecule has 0 radical (unpaired) electrons. The second-order valence-corrected chi connectivity index (χ2v) is 5.24. The third-order valence-electron chi connectivity index (χ3n) is 3.90. The van der Waals surface area contributed by atoms with Crippen LogP contribution in [-0.2, 0) is 9.59 Å². The van der Waals surface area contributed by atoms with Gasteiger partial charge >= 0.3 is 5.97 Å². The highest BCUT2D eigenvalue weighted by Crippen LogP contribution is 2.33. The number of aliphatic carboxylic acids is 1. The minimum Gasteiger partial charge on any atom is -0.481 e. The molecule has 1 aromatic rings. The van der Waals surface area contributed by atoms with Crippen LogP contribution in [-0.4, -0.2) is 17.0 Å². The minimum atomic E-state index is -0.862. The SMILES string of the molecule is Cc1cccc(C)c1NC(=O)[C@@H]1CCC[C@@H]1C(=O)O. The minimum absolute atomic E-state index is 0.165. The Kier molecular flexibility index (Phi) is 3.88. The fraction of sp³-hybridized carbons (Fsp3) is 0.467. The molecule has 2 atom stereocenters. The maximum absolute atomic E-state index is 12.3. The van der Waals surface area contributed by atoms with E-state index in [1.54, 1.807) is 0 Å². The van der Waals surface area contributed by atoms with E-state index in [2.05, 4.69) is 5.32 Å². The van der Waals surface area contributed by atoms with Gasteiger partial charge in [-0.3, -0.25) is 9.59 Å². The zero-order valence-corrected chi connectivity index (χ0v) is 11.3. The molecule has 1 amide bonds. The van der Waals surface area contributed by atoms with E-state index in [1.165, 1.54) is 0 Å². The van der Waals surface area contributed by atoms with Crippen LogP contribution in [0.4, 0.5) is 5.69 Å². The molecule has 2 N–H and O–H groups in total. The molecule has 0 aromatic heterocycles. The average Bonchev–Trinajstić information content (AvgIpc) is 2.83. The molecular formula is C15H19NO3. The van der Waals surface area contributed by atoms with E-state index in [0.29, 0.717) is 12.8 Å². The van der Waals surface area contributed by atoms with Crippen molar-refractivity contribution in [2.45, 2.75) is 33.1 Å². The predicted octanol–water partition coefficient (Wildman–Crippen LogP) is 2.74. The molecule has 0 bridgehead atoms. The molecule has 4 nitrogen and oxygen atoms in total. The maximum atomic E-state index is 12.3. The number of carboxylic acids is 1. The molecule has 0 heterocycles. The molecule has 1 aromatic carbocycles. The number of nitrogens with one attached hydrogen (secondary N) is 1. The first-order chi connectivity index (χ1) is 9.00. The van der Waals surface area contributed by atoms with Gasteiger partial charge in [-0.1, -0.05) is 24.6 Å².